The topological polar surface area (TPSA) is 69.3 Å². The number of fused-ring (bicyclic) bond motifs is 2. The lowest BCUT2D eigenvalue weighted by Crippen LogP contribution is -2.34. The van der Waals surface area contributed by atoms with Gasteiger partial charge in [0.2, 0.25) is 5.55 Å². The Morgan fingerprint density at radius 1 is 1.17 bits per heavy atom. The van der Waals surface area contributed by atoms with Crippen LogP contribution in [0.15, 0.2) is 34.7 Å². The van der Waals surface area contributed by atoms with Crippen molar-refractivity contribution in [1.82, 2.24) is 0 Å². The van der Waals surface area contributed by atoms with Gasteiger partial charge in [-0.05, 0) is 68.0 Å². The lowest BCUT2D eigenvalue weighted by Gasteiger charge is -2.37. The molecule has 0 saturated carbocycles. The summed E-state index contributed by atoms with van der Waals surface area (Å²) in [6.45, 7) is 4.07. The van der Waals surface area contributed by atoms with Gasteiger partial charge in [0.15, 0.2) is 0 Å². The van der Waals surface area contributed by atoms with Crippen molar-refractivity contribution in [2.75, 3.05) is 23.3 Å². The molecule has 0 spiro atoms. The summed E-state index contributed by atoms with van der Waals surface area (Å²) in [5.41, 5.74) is 6.21. The van der Waals surface area contributed by atoms with Crippen LogP contribution in [0.4, 0.5) is 11.4 Å². The highest BCUT2D eigenvalue weighted by Crippen LogP contribution is 2.39. The average molecular weight is 408 g/mol. The normalized spacial score (nSPS) is 15.3. The van der Waals surface area contributed by atoms with Gasteiger partial charge < -0.3 is 14.6 Å². The summed E-state index contributed by atoms with van der Waals surface area (Å²) >= 11 is 6.16. The van der Waals surface area contributed by atoms with Gasteiger partial charge in [0.25, 0.3) is 5.91 Å². The van der Waals surface area contributed by atoms with Crippen LogP contribution in [-0.2, 0) is 12.8 Å². The molecule has 3 aromatic rings. The summed E-state index contributed by atoms with van der Waals surface area (Å²) in [7, 11) is 0. The zero-order valence-corrected chi connectivity index (χ0v) is 17.0. The van der Waals surface area contributed by atoms with Gasteiger partial charge in [-0.2, -0.15) is 0 Å². The van der Waals surface area contributed by atoms with Gasteiger partial charge in [-0.25, -0.2) is 0 Å². The van der Waals surface area contributed by atoms with Crippen LogP contribution >= 0.6 is 11.6 Å². The smallest absolute Gasteiger partial charge is 0.261 e. The number of benzene rings is 2. The highest BCUT2D eigenvalue weighted by Gasteiger charge is 2.27. The molecule has 1 amide bonds. The number of carbonyl (C=O) groups excluding carboxylic acids is 1. The van der Waals surface area contributed by atoms with Crippen molar-refractivity contribution < 1.29 is 9.21 Å². The van der Waals surface area contributed by atoms with E-state index in [1.807, 2.05) is 13.0 Å². The first-order chi connectivity index (χ1) is 14.0. The number of carbonyl (C=O) groups is 1. The highest BCUT2D eigenvalue weighted by atomic mass is 35.5. The molecule has 2 N–H and O–H groups in total. The van der Waals surface area contributed by atoms with E-state index >= 15 is 0 Å². The molecule has 29 heavy (non-hydrogen) atoms. The molecule has 6 heteroatoms. The van der Waals surface area contributed by atoms with Gasteiger partial charge >= 0.3 is 0 Å². The van der Waals surface area contributed by atoms with E-state index in [2.05, 4.69) is 16.3 Å². The van der Waals surface area contributed by atoms with Crippen LogP contribution in [0.2, 0.25) is 5.02 Å². The fourth-order valence-corrected chi connectivity index (χ4v) is 4.68. The summed E-state index contributed by atoms with van der Waals surface area (Å²) in [6, 6.07) is 9.29. The molecule has 0 unspecified atom stereocenters. The molecule has 0 aliphatic carbocycles. The molecule has 1 aromatic heterocycles. The number of anilines is 2. The molecule has 0 fully saturated rings. The van der Waals surface area contributed by atoms with Crippen molar-refractivity contribution in [3.05, 3.63) is 63.2 Å². The van der Waals surface area contributed by atoms with Crippen LogP contribution in [0.3, 0.4) is 0 Å². The lowest BCUT2D eigenvalue weighted by atomic mass is 9.90. The second-order valence-corrected chi connectivity index (χ2v) is 8.29. The lowest BCUT2D eigenvalue weighted by molar-refractivity contribution is 0.102. The largest absolute Gasteiger partial charge is 0.438 e. The van der Waals surface area contributed by atoms with Crippen molar-refractivity contribution >= 4 is 39.9 Å². The van der Waals surface area contributed by atoms with E-state index in [0.717, 1.165) is 55.3 Å². The standard InChI is InChI=1S/C23H22ClN3O2/c1-13-6-7-16(12-19(13)24)26-23(28)18-11-15-10-14-4-2-8-27-9-3-5-17(20(14)27)21(15)29-22(18)25/h6-7,10-12,25H,2-5,8-9H2,1H3,(H,26,28). The third-order valence-electron chi connectivity index (χ3n) is 5.92. The van der Waals surface area contributed by atoms with E-state index in [1.54, 1.807) is 18.2 Å². The maximum atomic E-state index is 12.8. The molecular weight excluding hydrogens is 386 g/mol. The molecule has 3 heterocycles. The van der Waals surface area contributed by atoms with Gasteiger partial charge in [-0.15, -0.1) is 0 Å². The Labute approximate surface area is 173 Å². The molecule has 2 aliphatic heterocycles. The number of halogens is 1. The summed E-state index contributed by atoms with van der Waals surface area (Å²) in [5.74, 6) is -0.367. The number of hydrogen-bond acceptors (Lipinski definition) is 4. The first-order valence-corrected chi connectivity index (χ1v) is 10.4. The monoisotopic (exact) mass is 407 g/mol. The zero-order valence-electron chi connectivity index (χ0n) is 16.3. The maximum absolute atomic E-state index is 12.8. The second-order valence-electron chi connectivity index (χ2n) is 7.88. The first kappa shape index (κ1) is 18.3. The summed E-state index contributed by atoms with van der Waals surface area (Å²) < 4.78 is 5.92. The molecule has 0 saturated heterocycles. The molecular formula is C23H22ClN3O2. The third-order valence-corrected chi connectivity index (χ3v) is 6.33. The van der Waals surface area contributed by atoms with Gasteiger partial charge in [-0.3, -0.25) is 10.2 Å². The molecule has 5 nitrogen and oxygen atoms in total. The van der Waals surface area contributed by atoms with Crippen LogP contribution in [0, 0.1) is 12.3 Å². The predicted octanol–water partition coefficient (Wildman–Crippen LogP) is 4.83. The van der Waals surface area contributed by atoms with Crippen LogP contribution < -0.4 is 15.8 Å². The van der Waals surface area contributed by atoms with Crippen LogP contribution in [0.1, 0.15) is 39.9 Å². The maximum Gasteiger partial charge on any atom is 0.261 e. The molecule has 148 valence electrons. The van der Waals surface area contributed by atoms with E-state index in [0.29, 0.717) is 10.7 Å². The van der Waals surface area contributed by atoms with Gasteiger partial charge in [-0.1, -0.05) is 17.7 Å². The summed E-state index contributed by atoms with van der Waals surface area (Å²) in [4.78, 5) is 15.3. The van der Waals surface area contributed by atoms with Gasteiger partial charge in [0.05, 0.1) is 0 Å². The van der Waals surface area contributed by atoms with E-state index in [4.69, 9.17) is 21.4 Å². The van der Waals surface area contributed by atoms with Gasteiger partial charge in [0.1, 0.15) is 11.1 Å². The van der Waals surface area contributed by atoms with Crippen LogP contribution in [0.5, 0.6) is 0 Å². The fraction of sp³-hybridized carbons (Fsp3) is 0.304. The number of amides is 1. The Morgan fingerprint density at radius 2 is 1.97 bits per heavy atom. The molecule has 0 atom stereocenters. The number of nitrogens with one attached hydrogen (secondary N) is 2. The highest BCUT2D eigenvalue weighted by molar-refractivity contribution is 6.31. The molecule has 0 bridgehead atoms. The molecule has 2 aromatic carbocycles. The van der Waals surface area contributed by atoms with Gasteiger partial charge in [0, 0.05) is 40.4 Å². The first-order valence-electron chi connectivity index (χ1n) is 10.0. The number of rotatable bonds is 2. The Hall–Kier alpha value is -2.79. The number of nitrogens with zero attached hydrogens (tertiary/aromatic N) is 1. The summed E-state index contributed by atoms with van der Waals surface area (Å²) in [5, 5.41) is 12.7. The van der Waals surface area contributed by atoms with E-state index < -0.39 is 0 Å². The van der Waals surface area contributed by atoms with Crippen molar-refractivity contribution in [1.29, 1.82) is 5.41 Å². The summed E-state index contributed by atoms with van der Waals surface area (Å²) in [6.07, 6.45) is 4.23. The van der Waals surface area contributed by atoms with Crippen molar-refractivity contribution in [2.45, 2.75) is 32.6 Å². The van der Waals surface area contributed by atoms with E-state index in [1.165, 1.54) is 16.8 Å². The minimum absolute atomic E-state index is 0.114. The molecule has 5 rings (SSSR count). The molecule has 2 aliphatic rings. The van der Waals surface area contributed by atoms with Crippen molar-refractivity contribution in [2.24, 2.45) is 0 Å². The van der Waals surface area contributed by atoms with Crippen LogP contribution in [0.25, 0.3) is 11.0 Å². The third kappa shape index (κ3) is 3.10. The number of aryl methyl sites for hydroxylation is 3. The predicted molar refractivity (Wildman–Crippen MR) is 115 cm³/mol. The second kappa shape index (κ2) is 6.92. The van der Waals surface area contributed by atoms with E-state index in [-0.39, 0.29) is 17.0 Å². The quantitative estimate of drug-likeness (QED) is 0.639. The fourth-order valence-electron chi connectivity index (χ4n) is 4.50. The number of hydrogen-bond donors (Lipinski definition) is 2. The average Bonchev–Trinajstić information content (AvgIpc) is 2.71. The Kier molecular flexibility index (Phi) is 4.36. The van der Waals surface area contributed by atoms with Crippen molar-refractivity contribution in [3.63, 3.8) is 0 Å². The minimum Gasteiger partial charge on any atom is -0.438 e. The van der Waals surface area contributed by atoms with Crippen LogP contribution in [-0.4, -0.2) is 19.0 Å². The minimum atomic E-state index is -0.367. The SMILES string of the molecule is Cc1ccc(NC(=O)c2cc3cc4c5c(c3oc2=N)CCCN5CCC4)cc1Cl. The molecule has 0 radical (unpaired) electrons. The van der Waals surface area contributed by atoms with E-state index in [9.17, 15) is 4.79 Å². The zero-order chi connectivity index (χ0) is 20.1. The Morgan fingerprint density at radius 3 is 2.76 bits per heavy atom. The Bertz CT molecular complexity index is 1210. The van der Waals surface area contributed by atoms with Crippen molar-refractivity contribution in [3.8, 4) is 0 Å². The Balaban J connectivity index is 1.58.